The fourth-order valence-corrected chi connectivity index (χ4v) is 2.24. The molecule has 100 valence electrons. The number of aromatic nitrogens is 1. The van der Waals surface area contributed by atoms with Crippen LogP contribution < -0.4 is 5.73 Å². The first-order valence-corrected chi connectivity index (χ1v) is 6.65. The van der Waals surface area contributed by atoms with E-state index in [2.05, 4.69) is 23.9 Å². The van der Waals surface area contributed by atoms with E-state index in [1.807, 2.05) is 0 Å². The van der Waals surface area contributed by atoms with Gasteiger partial charge < -0.3 is 10.6 Å². The van der Waals surface area contributed by atoms with Crippen LogP contribution in [-0.4, -0.2) is 29.5 Å². The van der Waals surface area contributed by atoms with Gasteiger partial charge in [-0.1, -0.05) is 0 Å². The van der Waals surface area contributed by atoms with E-state index in [0.717, 1.165) is 24.6 Å². The minimum atomic E-state index is -0.314. The first kappa shape index (κ1) is 13.4. The lowest BCUT2D eigenvalue weighted by Gasteiger charge is -2.25. The summed E-state index contributed by atoms with van der Waals surface area (Å²) in [6.45, 7) is 3.23. The van der Waals surface area contributed by atoms with E-state index in [9.17, 15) is 4.39 Å². The van der Waals surface area contributed by atoms with Crippen molar-refractivity contribution in [2.45, 2.75) is 38.3 Å². The average Bonchev–Trinajstić information content (AvgIpc) is 3.19. The number of nitrogens with zero attached hydrogens (tertiary/aromatic N) is 2. The number of hydrogen-bond donors (Lipinski definition) is 1. The van der Waals surface area contributed by atoms with Crippen molar-refractivity contribution in [2.24, 2.45) is 11.7 Å². The second-order valence-electron chi connectivity index (χ2n) is 5.36. The highest BCUT2D eigenvalue weighted by molar-refractivity contribution is 5.09. The molecule has 0 spiro atoms. The van der Waals surface area contributed by atoms with Gasteiger partial charge in [0.25, 0.3) is 0 Å². The van der Waals surface area contributed by atoms with Crippen LogP contribution in [0.2, 0.25) is 0 Å². The second kappa shape index (κ2) is 5.76. The average molecular weight is 251 g/mol. The maximum absolute atomic E-state index is 12.8. The van der Waals surface area contributed by atoms with Gasteiger partial charge in [-0.05, 0) is 57.8 Å². The summed E-state index contributed by atoms with van der Waals surface area (Å²) in [5.41, 5.74) is 6.84. The van der Waals surface area contributed by atoms with Crippen molar-refractivity contribution >= 4 is 0 Å². The van der Waals surface area contributed by atoms with E-state index < -0.39 is 0 Å². The van der Waals surface area contributed by atoms with Crippen LogP contribution >= 0.6 is 0 Å². The van der Waals surface area contributed by atoms with E-state index >= 15 is 0 Å². The number of pyridine rings is 1. The molecule has 1 aliphatic carbocycles. The maximum Gasteiger partial charge on any atom is 0.141 e. The van der Waals surface area contributed by atoms with Gasteiger partial charge in [-0.25, -0.2) is 4.39 Å². The smallest absolute Gasteiger partial charge is 0.141 e. The molecule has 2 rings (SSSR count). The predicted octanol–water partition coefficient (Wildman–Crippen LogP) is 2.34. The molecule has 1 aliphatic rings. The molecule has 0 radical (unpaired) electrons. The molecule has 1 fully saturated rings. The van der Waals surface area contributed by atoms with Crippen LogP contribution in [0.1, 0.15) is 37.9 Å². The van der Waals surface area contributed by atoms with Gasteiger partial charge in [0.2, 0.25) is 0 Å². The normalized spacial score (nSPS) is 18.9. The first-order valence-electron chi connectivity index (χ1n) is 6.65. The van der Waals surface area contributed by atoms with Gasteiger partial charge in [-0.3, -0.25) is 4.98 Å². The topological polar surface area (TPSA) is 42.1 Å². The fourth-order valence-electron chi connectivity index (χ4n) is 2.24. The Balaban J connectivity index is 1.80. The highest BCUT2D eigenvalue weighted by Gasteiger charge is 2.30. The van der Waals surface area contributed by atoms with Gasteiger partial charge in [-0.2, -0.15) is 0 Å². The molecule has 4 heteroatoms. The molecular weight excluding hydrogens is 229 g/mol. The van der Waals surface area contributed by atoms with Crippen LogP contribution in [0.3, 0.4) is 0 Å². The van der Waals surface area contributed by atoms with Gasteiger partial charge in [0.1, 0.15) is 5.82 Å². The van der Waals surface area contributed by atoms with Gasteiger partial charge in [-0.15, -0.1) is 0 Å². The lowest BCUT2D eigenvalue weighted by molar-refractivity contribution is 0.226. The Kier molecular flexibility index (Phi) is 4.30. The van der Waals surface area contributed by atoms with Crippen molar-refractivity contribution in [1.29, 1.82) is 0 Å². The van der Waals surface area contributed by atoms with Gasteiger partial charge in [0.05, 0.1) is 11.9 Å². The SMILES string of the molecule is CC(C1CC1)N(C)CCC(N)c1ccc(F)cn1. The summed E-state index contributed by atoms with van der Waals surface area (Å²) in [6.07, 6.45) is 4.80. The van der Waals surface area contributed by atoms with Crippen LogP contribution in [-0.2, 0) is 0 Å². The number of hydrogen-bond acceptors (Lipinski definition) is 3. The van der Waals surface area contributed by atoms with Crippen molar-refractivity contribution < 1.29 is 4.39 Å². The third-order valence-electron chi connectivity index (χ3n) is 3.92. The zero-order chi connectivity index (χ0) is 13.1. The van der Waals surface area contributed by atoms with Gasteiger partial charge in [0.15, 0.2) is 0 Å². The molecule has 1 saturated carbocycles. The fraction of sp³-hybridized carbons (Fsp3) is 0.643. The highest BCUT2D eigenvalue weighted by Crippen LogP contribution is 2.34. The van der Waals surface area contributed by atoms with Gasteiger partial charge >= 0.3 is 0 Å². The molecule has 2 N–H and O–H groups in total. The molecule has 0 aliphatic heterocycles. The van der Waals surface area contributed by atoms with E-state index in [1.54, 1.807) is 6.07 Å². The van der Waals surface area contributed by atoms with E-state index in [1.165, 1.54) is 25.1 Å². The van der Waals surface area contributed by atoms with Crippen molar-refractivity contribution in [2.75, 3.05) is 13.6 Å². The largest absolute Gasteiger partial charge is 0.323 e. The Morgan fingerprint density at radius 2 is 2.22 bits per heavy atom. The minimum Gasteiger partial charge on any atom is -0.323 e. The number of rotatable bonds is 6. The summed E-state index contributed by atoms with van der Waals surface area (Å²) in [5, 5.41) is 0. The van der Waals surface area contributed by atoms with Crippen LogP contribution in [0.15, 0.2) is 18.3 Å². The Labute approximate surface area is 108 Å². The summed E-state index contributed by atoms with van der Waals surface area (Å²) in [4.78, 5) is 6.39. The molecule has 0 saturated heterocycles. The van der Waals surface area contributed by atoms with E-state index in [-0.39, 0.29) is 11.9 Å². The molecule has 0 bridgehead atoms. The molecule has 18 heavy (non-hydrogen) atoms. The summed E-state index contributed by atoms with van der Waals surface area (Å²) < 4.78 is 12.8. The minimum absolute atomic E-state index is 0.112. The molecule has 2 unspecified atom stereocenters. The zero-order valence-corrected chi connectivity index (χ0v) is 11.1. The van der Waals surface area contributed by atoms with E-state index in [0.29, 0.717) is 6.04 Å². The highest BCUT2D eigenvalue weighted by atomic mass is 19.1. The van der Waals surface area contributed by atoms with Crippen molar-refractivity contribution in [3.63, 3.8) is 0 Å². The van der Waals surface area contributed by atoms with Crippen LogP contribution in [0.25, 0.3) is 0 Å². The molecule has 0 aromatic carbocycles. The quantitative estimate of drug-likeness (QED) is 0.844. The van der Waals surface area contributed by atoms with Gasteiger partial charge in [0, 0.05) is 12.1 Å². The molecule has 1 aromatic rings. The lowest BCUT2D eigenvalue weighted by Crippen LogP contribution is -2.33. The van der Waals surface area contributed by atoms with Crippen molar-refractivity contribution in [1.82, 2.24) is 9.88 Å². The van der Waals surface area contributed by atoms with Crippen LogP contribution in [0.5, 0.6) is 0 Å². The summed E-state index contributed by atoms with van der Waals surface area (Å²) in [6, 6.07) is 3.61. The number of halogens is 1. The summed E-state index contributed by atoms with van der Waals surface area (Å²) in [5.74, 6) is 0.556. The molecule has 2 atom stereocenters. The lowest BCUT2D eigenvalue weighted by atomic mass is 10.1. The van der Waals surface area contributed by atoms with Crippen molar-refractivity contribution in [3.8, 4) is 0 Å². The predicted molar refractivity (Wildman–Crippen MR) is 70.6 cm³/mol. The third kappa shape index (κ3) is 3.50. The van der Waals surface area contributed by atoms with Crippen LogP contribution in [0.4, 0.5) is 4.39 Å². The third-order valence-corrected chi connectivity index (χ3v) is 3.92. The first-order chi connectivity index (χ1) is 8.58. The molecule has 1 aromatic heterocycles. The summed E-state index contributed by atoms with van der Waals surface area (Å²) in [7, 11) is 2.15. The molecular formula is C14H22FN3. The Morgan fingerprint density at radius 1 is 1.50 bits per heavy atom. The Bertz CT molecular complexity index is 375. The molecule has 3 nitrogen and oxygen atoms in total. The second-order valence-corrected chi connectivity index (χ2v) is 5.36. The van der Waals surface area contributed by atoms with E-state index in [4.69, 9.17) is 5.73 Å². The standard InChI is InChI=1S/C14H22FN3/c1-10(11-3-4-11)18(2)8-7-13(16)14-6-5-12(15)9-17-14/h5-6,9-11,13H,3-4,7-8,16H2,1-2H3. The molecule has 0 amide bonds. The number of nitrogens with two attached hydrogens (primary N) is 1. The van der Waals surface area contributed by atoms with Crippen LogP contribution in [0, 0.1) is 11.7 Å². The summed E-state index contributed by atoms with van der Waals surface area (Å²) >= 11 is 0. The Hall–Kier alpha value is -1.00. The molecule has 1 heterocycles. The van der Waals surface area contributed by atoms with Crippen molar-refractivity contribution in [3.05, 3.63) is 29.8 Å². The zero-order valence-electron chi connectivity index (χ0n) is 11.1. The monoisotopic (exact) mass is 251 g/mol. The maximum atomic E-state index is 12.8. The Morgan fingerprint density at radius 3 is 2.78 bits per heavy atom.